The summed E-state index contributed by atoms with van der Waals surface area (Å²) in [4.78, 5) is 7.88. The van der Waals surface area contributed by atoms with Crippen LogP contribution in [-0.4, -0.2) is 36.4 Å². The molecule has 0 spiro atoms. The minimum atomic E-state index is 0.377. The van der Waals surface area contributed by atoms with Gasteiger partial charge in [0.2, 0.25) is 11.8 Å². The van der Waals surface area contributed by atoms with Crippen LogP contribution in [-0.2, 0) is 9.47 Å². The summed E-state index contributed by atoms with van der Waals surface area (Å²) in [6.45, 7) is 8.43. The highest BCUT2D eigenvalue weighted by Gasteiger charge is 2.00. The van der Waals surface area contributed by atoms with Gasteiger partial charge in [-0.3, -0.25) is 0 Å². The first-order valence-electron chi connectivity index (χ1n) is 5.39. The summed E-state index contributed by atoms with van der Waals surface area (Å²) in [6, 6.07) is 1.60. The smallest absolute Gasteiger partial charge is 0.220 e. The molecule has 18 heavy (non-hydrogen) atoms. The fourth-order valence-electron chi connectivity index (χ4n) is 1.04. The average Bonchev–Trinajstić information content (AvgIpc) is 2.40. The molecule has 0 saturated heterocycles. The Labute approximate surface area is 106 Å². The van der Waals surface area contributed by atoms with Gasteiger partial charge < -0.3 is 18.9 Å². The van der Waals surface area contributed by atoms with Crippen molar-refractivity contribution in [1.82, 2.24) is 9.97 Å². The van der Waals surface area contributed by atoms with Crippen LogP contribution in [0.5, 0.6) is 11.8 Å². The maximum absolute atomic E-state index is 5.32. The van der Waals surface area contributed by atoms with E-state index in [9.17, 15) is 0 Å². The first-order valence-corrected chi connectivity index (χ1v) is 5.39. The highest BCUT2D eigenvalue weighted by molar-refractivity contribution is 5.18. The van der Waals surface area contributed by atoms with Crippen molar-refractivity contribution in [3.63, 3.8) is 0 Å². The van der Waals surface area contributed by atoms with Crippen molar-refractivity contribution in [1.29, 1.82) is 0 Å². The standard InChI is InChI=1S/C12H16N2O4/c1-3-15-5-7-17-11-9-12(14-10-13-11)18-8-6-16-4-2/h3-4,9-10H,1-2,5-8H2. The molecule has 0 aliphatic carbocycles. The van der Waals surface area contributed by atoms with Gasteiger partial charge in [-0.1, -0.05) is 13.2 Å². The Bertz CT molecular complexity index is 340. The molecule has 1 rings (SSSR count). The lowest BCUT2D eigenvalue weighted by molar-refractivity contribution is 0.169. The first kappa shape index (κ1) is 13.8. The van der Waals surface area contributed by atoms with Gasteiger partial charge in [0.25, 0.3) is 0 Å². The Morgan fingerprint density at radius 3 is 1.83 bits per heavy atom. The lowest BCUT2D eigenvalue weighted by Crippen LogP contribution is -2.07. The zero-order chi connectivity index (χ0) is 13.1. The predicted octanol–water partition coefficient (Wildman–Crippen LogP) is 1.55. The fraction of sp³-hybridized carbons (Fsp3) is 0.333. The van der Waals surface area contributed by atoms with Gasteiger partial charge >= 0.3 is 0 Å². The maximum atomic E-state index is 5.32. The molecule has 0 aromatic carbocycles. The van der Waals surface area contributed by atoms with Crippen molar-refractivity contribution in [2.24, 2.45) is 0 Å². The van der Waals surface area contributed by atoms with E-state index in [1.54, 1.807) is 6.07 Å². The summed E-state index contributed by atoms with van der Waals surface area (Å²) in [6.07, 6.45) is 4.09. The van der Waals surface area contributed by atoms with E-state index in [-0.39, 0.29) is 0 Å². The second-order valence-corrected chi connectivity index (χ2v) is 2.97. The number of hydrogen-bond donors (Lipinski definition) is 0. The first-order chi connectivity index (χ1) is 8.86. The second-order valence-electron chi connectivity index (χ2n) is 2.97. The lowest BCUT2D eigenvalue weighted by atomic mass is 10.6. The van der Waals surface area contributed by atoms with E-state index in [2.05, 4.69) is 23.1 Å². The van der Waals surface area contributed by atoms with Crippen LogP contribution in [0, 0.1) is 0 Å². The molecule has 0 bridgehead atoms. The molecule has 0 aliphatic rings. The molecule has 0 aliphatic heterocycles. The maximum Gasteiger partial charge on any atom is 0.220 e. The van der Waals surface area contributed by atoms with Crippen LogP contribution in [0.2, 0.25) is 0 Å². The monoisotopic (exact) mass is 252 g/mol. The number of nitrogens with zero attached hydrogens (tertiary/aromatic N) is 2. The van der Waals surface area contributed by atoms with Crippen LogP contribution in [0.1, 0.15) is 0 Å². The van der Waals surface area contributed by atoms with E-state index >= 15 is 0 Å². The molecule has 0 amide bonds. The Kier molecular flexibility index (Phi) is 6.80. The van der Waals surface area contributed by atoms with Gasteiger partial charge in [-0.05, 0) is 0 Å². The minimum absolute atomic E-state index is 0.377. The zero-order valence-electron chi connectivity index (χ0n) is 10.1. The normalized spacial score (nSPS) is 9.33. The quantitative estimate of drug-likeness (QED) is 0.465. The van der Waals surface area contributed by atoms with Crippen molar-refractivity contribution < 1.29 is 18.9 Å². The molecule has 0 saturated carbocycles. The Morgan fingerprint density at radius 1 is 0.889 bits per heavy atom. The van der Waals surface area contributed by atoms with Gasteiger partial charge in [0.15, 0.2) is 0 Å². The van der Waals surface area contributed by atoms with E-state index in [1.807, 2.05) is 0 Å². The van der Waals surface area contributed by atoms with E-state index in [0.717, 1.165) is 0 Å². The summed E-state index contributed by atoms with van der Waals surface area (Å²) in [5.74, 6) is 0.856. The van der Waals surface area contributed by atoms with E-state index in [1.165, 1.54) is 18.9 Å². The lowest BCUT2D eigenvalue weighted by Gasteiger charge is -2.07. The Balaban J connectivity index is 2.31. The van der Waals surface area contributed by atoms with Crippen LogP contribution >= 0.6 is 0 Å². The summed E-state index contributed by atoms with van der Waals surface area (Å²) < 4.78 is 20.5. The van der Waals surface area contributed by atoms with Crippen molar-refractivity contribution in [3.05, 3.63) is 38.1 Å². The third kappa shape index (κ3) is 5.74. The third-order valence-corrected chi connectivity index (χ3v) is 1.75. The summed E-state index contributed by atoms with van der Waals surface area (Å²) in [5, 5.41) is 0. The molecule has 1 heterocycles. The van der Waals surface area contributed by atoms with Gasteiger partial charge in [-0.15, -0.1) is 0 Å². The predicted molar refractivity (Wildman–Crippen MR) is 65.3 cm³/mol. The fourth-order valence-corrected chi connectivity index (χ4v) is 1.04. The second kappa shape index (κ2) is 8.86. The van der Waals surface area contributed by atoms with Gasteiger partial charge in [0.1, 0.15) is 32.8 Å². The highest BCUT2D eigenvalue weighted by Crippen LogP contribution is 2.12. The van der Waals surface area contributed by atoms with Gasteiger partial charge in [-0.25, -0.2) is 9.97 Å². The molecule has 0 N–H and O–H groups in total. The van der Waals surface area contributed by atoms with Crippen molar-refractivity contribution in [2.75, 3.05) is 26.4 Å². The van der Waals surface area contributed by atoms with E-state index in [0.29, 0.717) is 38.2 Å². The highest BCUT2D eigenvalue weighted by atomic mass is 16.5. The minimum Gasteiger partial charge on any atom is -0.498 e. The SMILES string of the molecule is C=COCCOc1cc(OCCOC=C)ncn1. The summed E-state index contributed by atoms with van der Waals surface area (Å²) in [7, 11) is 0. The van der Waals surface area contributed by atoms with Crippen molar-refractivity contribution in [2.45, 2.75) is 0 Å². The summed E-state index contributed by atoms with van der Waals surface area (Å²) in [5.41, 5.74) is 0. The van der Waals surface area contributed by atoms with Crippen LogP contribution in [0.4, 0.5) is 0 Å². The van der Waals surface area contributed by atoms with Crippen molar-refractivity contribution >= 4 is 0 Å². The third-order valence-electron chi connectivity index (χ3n) is 1.75. The molecular weight excluding hydrogens is 236 g/mol. The number of ether oxygens (including phenoxy) is 4. The van der Waals surface area contributed by atoms with Crippen LogP contribution in [0.3, 0.4) is 0 Å². The molecular formula is C12H16N2O4. The van der Waals surface area contributed by atoms with Gasteiger partial charge in [-0.2, -0.15) is 0 Å². The van der Waals surface area contributed by atoms with E-state index < -0.39 is 0 Å². The van der Waals surface area contributed by atoms with Gasteiger partial charge in [0, 0.05) is 0 Å². The molecule has 0 fully saturated rings. The van der Waals surface area contributed by atoms with Gasteiger partial charge in [0.05, 0.1) is 18.6 Å². The Hall–Kier alpha value is -2.24. The summed E-state index contributed by atoms with van der Waals surface area (Å²) >= 11 is 0. The Morgan fingerprint density at radius 2 is 1.39 bits per heavy atom. The molecule has 6 heteroatoms. The number of rotatable bonds is 10. The van der Waals surface area contributed by atoms with E-state index in [4.69, 9.17) is 18.9 Å². The van der Waals surface area contributed by atoms with Crippen LogP contribution in [0.25, 0.3) is 0 Å². The number of aromatic nitrogens is 2. The zero-order valence-corrected chi connectivity index (χ0v) is 10.1. The molecule has 0 radical (unpaired) electrons. The van der Waals surface area contributed by atoms with Crippen LogP contribution < -0.4 is 9.47 Å². The van der Waals surface area contributed by atoms with Crippen molar-refractivity contribution in [3.8, 4) is 11.8 Å². The topological polar surface area (TPSA) is 62.7 Å². The molecule has 0 unspecified atom stereocenters. The molecule has 1 aromatic rings. The average molecular weight is 252 g/mol. The molecule has 98 valence electrons. The molecule has 1 aromatic heterocycles. The number of hydrogen-bond acceptors (Lipinski definition) is 6. The largest absolute Gasteiger partial charge is 0.498 e. The molecule has 0 atom stereocenters. The molecule has 6 nitrogen and oxygen atoms in total. The van der Waals surface area contributed by atoms with Crippen LogP contribution in [0.15, 0.2) is 38.1 Å².